The first-order valence-electron chi connectivity index (χ1n) is 4.82. The van der Waals surface area contributed by atoms with E-state index in [0.29, 0.717) is 6.42 Å². The molecular formula is C10H18O5. The van der Waals surface area contributed by atoms with Crippen molar-refractivity contribution in [3.8, 4) is 0 Å². The van der Waals surface area contributed by atoms with Crippen LogP contribution >= 0.6 is 0 Å². The second kappa shape index (κ2) is 6.40. The molecule has 0 unspecified atom stereocenters. The molecule has 0 aromatic carbocycles. The van der Waals surface area contributed by atoms with E-state index < -0.39 is 11.6 Å². The number of hydrogen-bond donors (Lipinski definition) is 1. The van der Waals surface area contributed by atoms with E-state index in [1.165, 1.54) is 0 Å². The molecule has 0 bridgehead atoms. The van der Waals surface area contributed by atoms with E-state index in [4.69, 9.17) is 14.6 Å². The summed E-state index contributed by atoms with van der Waals surface area (Å²) in [6, 6.07) is 0. The Morgan fingerprint density at radius 2 is 1.87 bits per heavy atom. The molecule has 88 valence electrons. The van der Waals surface area contributed by atoms with Gasteiger partial charge in [0.25, 0.3) is 0 Å². The molecule has 0 rings (SSSR count). The predicted octanol–water partition coefficient (Wildman–Crippen LogP) is 1.21. The van der Waals surface area contributed by atoms with Crippen LogP contribution < -0.4 is 0 Å². The largest absolute Gasteiger partial charge is 0.480 e. The van der Waals surface area contributed by atoms with E-state index >= 15 is 0 Å². The first-order chi connectivity index (χ1) is 6.81. The summed E-state index contributed by atoms with van der Waals surface area (Å²) in [5.41, 5.74) is -0.473. The summed E-state index contributed by atoms with van der Waals surface area (Å²) in [5, 5.41) is 8.26. The second-order valence-electron chi connectivity index (χ2n) is 4.14. The van der Waals surface area contributed by atoms with Crippen LogP contribution in [0.25, 0.3) is 0 Å². The van der Waals surface area contributed by atoms with Crippen LogP contribution in [-0.4, -0.2) is 35.9 Å². The summed E-state index contributed by atoms with van der Waals surface area (Å²) in [5.74, 6) is -1.30. The third kappa shape index (κ3) is 10.8. The standard InChI is InChI=1S/C10H18O5/c1-10(2,3)15-9(13)5-4-6-14-7-8(11)12/h4-7H2,1-3H3,(H,11,12). The highest BCUT2D eigenvalue weighted by Gasteiger charge is 2.15. The molecule has 0 aromatic heterocycles. The van der Waals surface area contributed by atoms with E-state index in [2.05, 4.69) is 0 Å². The highest BCUT2D eigenvalue weighted by Crippen LogP contribution is 2.08. The lowest BCUT2D eigenvalue weighted by Crippen LogP contribution is -2.23. The van der Waals surface area contributed by atoms with Crippen LogP contribution in [0.3, 0.4) is 0 Å². The fourth-order valence-corrected chi connectivity index (χ4v) is 0.871. The molecule has 0 aliphatic rings. The first kappa shape index (κ1) is 13.9. The molecule has 0 amide bonds. The van der Waals surface area contributed by atoms with Gasteiger partial charge in [0.1, 0.15) is 12.2 Å². The third-order valence-electron chi connectivity index (χ3n) is 1.32. The fraction of sp³-hybridized carbons (Fsp3) is 0.800. The molecule has 0 radical (unpaired) electrons. The summed E-state index contributed by atoms with van der Waals surface area (Å²) in [6.45, 7) is 5.32. The average Bonchev–Trinajstić information content (AvgIpc) is 1.99. The fourth-order valence-electron chi connectivity index (χ4n) is 0.871. The third-order valence-corrected chi connectivity index (χ3v) is 1.32. The van der Waals surface area contributed by atoms with Gasteiger partial charge in [-0.05, 0) is 27.2 Å². The molecule has 0 saturated heterocycles. The molecule has 0 aromatic rings. The van der Waals surface area contributed by atoms with Gasteiger partial charge in [-0.1, -0.05) is 0 Å². The molecule has 15 heavy (non-hydrogen) atoms. The van der Waals surface area contributed by atoms with Crippen molar-refractivity contribution in [2.24, 2.45) is 0 Å². The van der Waals surface area contributed by atoms with Crippen molar-refractivity contribution in [3.63, 3.8) is 0 Å². The van der Waals surface area contributed by atoms with E-state index in [0.717, 1.165) is 0 Å². The quantitative estimate of drug-likeness (QED) is 0.536. The Labute approximate surface area is 89.4 Å². The van der Waals surface area contributed by atoms with Crippen LogP contribution in [-0.2, 0) is 19.1 Å². The summed E-state index contributed by atoms with van der Waals surface area (Å²) in [7, 11) is 0. The highest BCUT2D eigenvalue weighted by atomic mass is 16.6. The molecule has 0 aliphatic heterocycles. The minimum absolute atomic E-state index is 0.247. The smallest absolute Gasteiger partial charge is 0.329 e. The zero-order chi connectivity index (χ0) is 11.9. The van der Waals surface area contributed by atoms with Crippen LogP contribution in [0.2, 0.25) is 0 Å². The van der Waals surface area contributed by atoms with Gasteiger partial charge in [0, 0.05) is 13.0 Å². The molecule has 0 aliphatic carbocycles. The molecular weight excluding hydrogens is 200 g/mol. The molecule has 0 saturated carbocycles. The van der Waals surface area contributed by atoms with Gasteiger partial charge < -0.3 is 14.6 Å². The van der Waals surface area contributed by atoms with Crippen molar-refractivity contribution in [1.29, 1.82) is 0 Å². The maximum atomic E-state index is 11.2. The normalized spacial score (nSPS) is 11.1. The molecule has 0 spiro atoms. The number of carboxylic acid groups (broad SMARTS) is 1. The Balaban J connectivity index is 3.44. The summed E-state index contributed by atoms with van der Waals surface area (Å²) < 4.78 is 9.82. The Morgan fingerprint density at radius 1 is 1.27 bits per heavy atom. The monoisotopic (exact) mass is 218 g/mol. The maximum absolute atomic E-state index is 11.2. The number of ether oxygens (including phenoxy) is 2. The molecule has 0 atom stereocenters. The Morgan fingerprint density at radius 3 is 2.33 bits per heavy atom. The lowest BCUT2D eigenvalue weighted by atomic mass is 10.2. The van der Waals surface area contributed by atoms with Gasteiger partial charge in [0.15, 0.2) is 0 Å². The SMILES string of the molecule is CC(C)(C)OC(=O)CCCOCC(=O)O. The van der Waals surface area contributed by atoms with Gasteiger partial charge in [0.05, 0.1) is 0 Å². The average molecular weight is 218 g/mol. The highest BCUT2D eigenvalue weighted by molar-refractivity contribution is 5.69. The van der Waals surface area contributed by atoms with Crippen molar-refractivity contribution in [1.82, 2.24) is 0 Å². The molecule has 1 N–H and O–H groups in total. The first-order valence-corrected chi connectivity index (χ1v) is 4.82. The maximum Gasteiger partial charge on any atom is 0.329 e. The Hall–Kier alpha value is -1.10. The minimum Gasteiger partial charge on any atom is -0.480 e. The van der Waals surface area contributed by atoms with E-state index in [-0.39, 0.29) is 25.6 Å². The lowest BCUT2D eigenvalue weighted by molar-refractivity contribution is -0.155. The summed E-state index contributed by atoms with van der Waals surface area (Å²) >= 11 is 0. The summed E-state index contributed by atoms with van der Waals surface area (Å²) in [4.78, 5) is 21.2. The van der Waals surface area contributed by atoms with Crippen molar-refractivity contribution < 1.29 is 24.2 Å². The van der Waals surface area contributed by atoms with Gasteiger partial charge in [-0.25, -0.2) is 4.79 Å². The number of carbonyl (C=O) groups is 2. The molecule has 0 fully saturated rings. The van der Waals surface area contributed by atoms with E-state index in [9.17, 15) is 9.59 Å². The van der Waals surface area contributed by atoms with Crippen LogP contribution in [0, 0.1) is 0 Å². The number of aliphatic carboxylic acids is 1. The number of hydrogen-bond acceptors (Lipinski definition) is 4. The van der Waals surface area contributed by atoms with Crippen LogP contribution in [0.5, 0.6) is 0 Å². The number of carboxylic acids is 1. The minimum atomic E-state index is -1.01. The van der Waals surface area contributed by atoms with Gasteiger partial charge in [0.2, 0.25) is 0 Å². The predicted molar refractivity (Wildman–Crippen MR) is 53.5 cm³/mol. The molecule has 0 heterocycles. The Bertz CT molecular complexity index is 216. The number of carbonyl (C=O) groups excluding carboxylic acids is 1. The summed E-state index contributed by atoms with van der Waals surface area (Å²) in [6.07, 6.45) is 0.721. The van der Waals surface area contributed by atoms with Crippen LogP contribution in [0.15, 0.2) is 0 Å². The zero-order valence-corrected chi connectivity index (χ0v) is 9.41. The lowest BCUT2D eigenvalue weighted by Gasteiger charge is -2.19. The van der Waals surface area contributed by atoms with E-state index in [1.807, 2.05) is 0 Å². The van der Waals surface area contributed by atoms with Crippen molar-refractivity contribution in [2.75, 3.05) is 13.2 Å². The molecule has 5 heteroatoms. The number of rotatable bonds is 6. The van der Waals surface area contributed by atoms with Crippen LogP contribution in [0.1, 0.15) is 33.6 Å². The van der Waals surface area contributed by atoms with Crippen molar-refractivity contribution in [3.05, 3.63) is 0 Å². The van der Waals surface area contributed by atoms with Crippen molar-refractivity contribution >= 4 is 11.9 Å². The topological polar surface area (TPSA) is 72.8 Å². The van der Waals surface area contributed by atoms with Crippen molar-refractivity contribution in [2.45, 2.75) is 39.2 Å². The van der Waals surface area contributed by atoms with Gasteiger partial charge >= 0.3 is 11.9 Å². The second-order valence-corrected chi connectivity index (χ2v) is 4.14. The van der Waals surface area contributed by atoms with Gasteiger partial charge in [-0.3, -0.25) is 4.79 Å². The van der Waals surface area contributed by atoms with Crippen LogP contribution in [0.4, 0.5) is 0 Å². The van der Waals surface area contributed by atoms with Gasteiger partial charge in [-0.15, -0.1) is 0 Å². The Kier molecular flexibility index (Phi) is 5.93. The zero-order valence-electron chi connectivity index (χ0n) is 9.41. The molecule has 5 nitrogen and oxygen atoms in total. The number of esters is 1. The van der Waals surface area contributed by atoms with E-state index in [1.54, 1.807) is 20.8 Å². The van der Waals surface area contributed by atoms with Gasteiger partial charge in [-0.2, -0.15) is 0 Å².